The standard InChI is InChI=1S/C15H20N4O3S/c1-2-11-9-23-14(16-11)10-4-3-5-18(6-10)13(21)8-19-7-12(20)17-15(19)22/h9-10H,2-8H2,1H3,(H,17,20,22)/t10-/m0/s1. The van der Waals surface area contributed by atoms with Crippen molar-refractivity contribution in [2.24, 2.45) is 0 Å². The summed E-state index contributed by atoms with van der Waals surface area (Å²) in [7, 11) is 0. The number of likely N-dealkylation sites (tertiary alicyclic amines) is 1. The minimum Gasteiger partial charge on any atom is -0.340 e. The molecule has 0 radical (unpaired) electrons. The maximum atomic E-state index is 12.4. The molecule has 0 saturated carbocycles. The first-order valence-electron chi connectivity index (χ1n) is 7.87. The van der Waals surface area contributed by atoms with Gasteiger partial charge in [-0.3, -0.25) is 14.9 Å². The molecule has 4 amide bonds. The third kappa shape index (κ3) is 3.52. The molecule has 2 aliphatic rings. The summed E-state index contributed by atoms with van der Waals surface area (Å²) in [5.74, 6) is -0.187. The summed E-state index contributed by atoms with van der Waals surface area (Å²) in [5, 5.41) is 5.36. The second-order valence-corrected chi connectivity index (χ2v) is 6.81. The van der Waals surface area contributed by atoms with Crippen LogP contribution in [0, 0.1) is 0 Å². The van der Waals surface area contributed by atoms with E-state index < -0.39 is 6.03 Å². The van der Waals surface area contributed by atoms with Crippen LogP contribution in [0.2, 0.25) is 0 Å². The Labute approximate surface area is 138 Å². The van der Waals surface area contributed by atoms with Crippen LogP contribution in [0.1, 0.15) is 36.4 Å². The van der Waals surface area contributed by atoms with Gasteiger partial charge in [-0.25, -0.2) is 9.78 Å². The van der Waals surface area contributed by atoms with Crippen molar-refractivity contribution in [1.82, 2.24) is 20.1 Å². The minimum atomic E-state index is -0.482. The van der Waals surface area contributed by atoms with Crippen molar-refractivity contribution >= 4 is 29.2 Å². The highest BCUT2D eigenvalue weighted by Gasteiger charge is 2.32. The predicted molar refractivity (Wildman–Crippen MR) is 85.2 cm³/mol. The molecule has 0 unspecified atom stereocenters. The Morgan fingerprint density at radius 1 is 1.48 bits per heavy atom. The molecule has 2 fully saturated rings. The van der Waals surface area contributed by atoms with Gasteiger partial charge in [-0.1, -0.05) is 6.92 Å². The third-order valence-corrected chi connectivity index (χ3v) is 5.31. The molecule has 1 N–H and O–H groups in total. The first-order chi connectivity index (χ1) is 11.1. The number of aryl methyl sites for hydroxylation is 1. The summed E-state index contributed by atoms with van der Waals surface area (Å²) in [6.07, 6.45) is 2.88. The summed E-state index contributed by atoms with van der Waals surface area (Å²) >= 11 is 1.66. The lowest BCUT2D eigenvalue weighted by Crippen LogP contribution is -2.45. The number of imide groups is 1. The lowest BCUT2D eigenvalue weighted by atomic mass is 9.98. The highest BCUT2D eigenvalue weighted by atomic mass is 32.1. The average Bonchev–Trinajstić information content (AvgIpc) is 3.14. The first kappa shape index (κ1) is 15.9. The Kier molecular flexibility index (Phi) is 4.61. The van der Waals surface area contributed by atoms with Gasteiger partial charge in [0.25, 0.3) is 0 Å². The number of rotatable bonds is 4. The number of hydrogen-bond acceptors (Lipinski definition) is 5. The van der Waals surface area contributed by atoms with Crippen molar-refractivity contribution in [3.05, 3.63) is 16.1 Å². The molecular formula is C15H20N4O3S. The lowest BCUT2D eigenvalue weighted by Gasteiger charge is -2.32. The second kappa shape index (κ2) is 6.66. The number of hydrogen-bond donors (Lipinski definition) is 1. The van der Waals surface area contributed by atoms with Crippen LogP contribution >= 0.6 is 11.3 Å². The molecule has 1 aromatic heterocycles. The van der Waals surface area contributed by atoms with Gasteiger partial charge in [0, 0.05) is 24.4 Å². The van der Waals surface area contributed by atoms with Crippen LogP contribution in [-0.4, -0.2) is 58.8 Å². The van der Waals surface area contributed by atoms with Gasteiger partial charge in [-0.05, 0) is 19.3 Å². The normalized spacial score (nSPS) is 21.7. The van der Waals surface area contributed by atoms with Crippen LogP contribution in [-0.2, 0) is 16.0 Å². The van der Waals surface area contributed by atoms with Gasteiger partial charge in [0.2, 0.25) is 11.8 Å². The number of carbonyl (C=O) groups excluding carboxylic acids is 3. The number of thiazole rings is 1. The molecule has 3 rings (SSSR count). The Morgan fingerprint density at radius 3 is 2.96 bits per heavy atom. The van der Waals surface area contributed by atoms with E-state index in [1.54, 1.807) is 16.2 Å². The molecule has 0 bridgehead atoms. The van der Waals surface area contributed by atoms with Crippen molar-refractivity contribution in [2.45, 2.75) is 32.1 Å². The van der Waals surface area contributed by atoms with Crippen LogP contribution in [0.4, 0.5) is 4.79 Å². The number of piperidine rings is 1. The van der Waals surface area contributed by atoms with E-state index in [1.807, 2.05) is 0 Å². The summed E-state index contributed by atoms with van der Waals surface area (Å²) in [4.78, 5) is 42.8. The number of nitrogens with one attached hydrogen (secondary N) is 1. The first-order valence-corrected chi connectivity index (χ1v) is 8.75. The molecule has 2 aliphatic heterocycles. The molecule has 3 heterocycles. The molecule has 124 valence electrons. The van der Waals surface area contributed by atoms with Crippen LogP contribution < -0.4 is 5.32 Å². The van der Waals surface area contributed by atoms with E-state index in [2.05, 4.69) is 22.6 Å². The van der Waals surface area contributed by atoms with E-state index in [0.717, 1.165) is 30.0 Å². The number of nitrogens with zero attached hydrogens (tertiary/aromatic N) is 3. The van der Waals surface area contributed by atoms with Gasteiger partial charge in [-0.2, -0.15) is 0 Å². The number of carbonyl (C=O) groups is 3. The van der Waals surface area contributed by atoms with Gasteiger partial charge < -0.3 is 9.80 Å². The lowest BCUT2D eigenvalue weighted by molar-refractivity contribution is -0.132. The van der Waals surface area contributed by atoms with E-state index in [-0.39, 0.29) is 30.8 Å². The van der Waals surface area contributed by atoms with Crippen molar-refractivity contribution in [1.29, 1.82) is 0 Å². The number of urea groups is 1. The quantitative estimate of drug-likeness (QED) is 0.831. The van der Waals surface area contributed by atoms with Crippen LogP contribution in [0.15, 0.2) is 5.38 Å². The van der Waals surface area contributed by atoms with Crippen LogP contribution in [0.25, 0.3) is 0 Å². The molecule has 1 atom stereocenters. The zero-order valence-electron chi connectivity index (χ0n) is 13.1. The summed E-state index contributed by atoms with van der Waals surface area (Å²) in [6, 6.07) is -0.482. The van der Waals surface area contributed by atoms with Crippen molar-refractivity contribution < 1.29 is 14.4 Å². The smallest absolute Gasteiger partial charge is 0.325 e. The Balaban J connectivity index is 1.60. The van der Waals surface area contributed by atoms with Crippen molar-refractivity contribution in [3.63, 3.8) is 0 Å². The average molecular weight is 336 g/mol. The molecule has 0 aliphatic carbocycles. The largest absolute Gasteiger partial charge is 0.340 e. The van der Waals surface area contributed by atoms with E-state index in [4.69, 9.17) is 0 Å². The van der Waals surface area contributed by atoms with Crippen LogP contribution in [0.3, 0.4) is 0 Å². The van der Waals surface area contributed by atoms with E-state index in [9.17, 15) is 14.4 Å². The van der Waals surface area contributed by atoms with E-state index in [0.29, 0.717) is 13.1 Å². The SMILES string of the molecule is CCc1csc([C@H]2CCCN(C(=O)CN3CC(=O)NC3=O)C2)n1. The fraction of sp³-hybridized carbons (Fsp3) is 0.600. The summed E-state index contributed by atoms with van der Waals surface area (Å²) < 4.78 is 0. The molecular weight excluding hydrogens is 316 g/mol. The zero-order valence-corrected chi connectivity index (χ0v) is 13.9. The fourth-order valence-electron chi connectivity index (χ4n) is 2.95. The third-order valence-electron chi connectivity index (χ3n) is 4.25. The van der Waals surface area contributed by atoms with Gasteiger partial charge in [0.1, 0.15) is 13.1 Å². The van der Waals surface area contributed by atoms with Gasteiger partial charge in [0.05, 0.1) is 10.7 Å². The minimum absolute atomic E-state index is 0.0335. The van der Waals surface area contributed by atoms with Gasteiger partial charge in [0.15, 0.2) is 0 Å². The molecule has 0 aromatic carbocycles. The van der Waals surface area contributed by atoms with Crippen molar-refractivity contribution in [2.75, 3.05) is 26.2 Å². The number of aromatic nitrogens is 1. The van der Waals surface area contributed by atoms with E-state index in [1.165, 1.54) is 4.90 Å². The molecule has 23 heavy (non-hydrogen) atoms. The predicted octanol–water partition coefficient (Wildman–Crippen LogP) is 0.963. The maximum absolute atomic E-state index is 12.4. The van der Waals surface area contributed by atoms with Gasteiger partial charge >= 0.3 is 6.03 Å². The highest BCUT2D eigenvalue weighted by molar-refractivity contribution is 7.09. The topological polar surface area (TPSA) is 82.6 Å². The number of amides is 4. The summed E-state index contributed by atoms with van der Waals surface area (Å²) in [6.45, 7) is 3.35. The second-order valence-electron chi connectivity index (χ2n) is 5.92. The van der Waals surface area contributed by atoms with Gasteiger partial charge in [-0.15, -0.1) is 11.3 Å². The van der Waals surface area contributed by atoms with E-state index >= 15 is 0 Å². The molecule has 8 heteroatoms. The molecule has 1 aromatic rings. The summed E-state index contributed by atoms with van der Waals surface area (Å²) in [5.41, 5.74) is 1.10. The zero-order chi connectivity index (χ0) is 16.4. The van der Waals surface area contributed by atoms with Crippen LogP contribution in [0.5, 0.6) is 0 Å². The fourth-order valence-corrected chi connectivity index (χ4v) is 3.98. The monoisotopic (exact) mass is 336 g/mol. The van der Waals surface area contributed by atoms with Crippen molar-refractivity contribution in [3.8, 4) is 0 Å². The Bertz CT molecular complexity index is 630. The molecule has 2 saturated heterocycles. The molecule has 7 nitrogen and oxygen atoms in total. The maximum Gasteiger partial charge on any atom is 0.325 e. The Morgan fingerprint density at radius 2 is 2.30 bits per heavy atom. The Hall–Kier alpha value is -1.96. The highest BCUT2D eigenvalue weighted by Crippen LogP contribution is 2.29. The molecule has 0 spiro atoms.